The number of nitrogens with one attached hydrogen (secondary N) is 1. The summed E-state index contributed by atoms with van der Waals surface area (Å²) in [7, 11) is 0. The molecule has 0 aromatic heterocycles. The molecule has 1 saturated heterocycles. The number of ether oxygens (including phenoxy) is 2. The van der Waals surface area contributed by atoms with Crippen LogP contribution in [-0.2, 0) is 6.54 Å². The minimum atomic E-state index is -0.803. The van der Waals surface area contributed by atoms with E-state index in [1.807, 2.05) is 18.2 Å². The maximum Gasteiger partial charge on any atom is 0.231 e. The maximum atomic E-state index is 13.4. The van der Waals surface area contributed by atoms with Crippen molar-refractivity contribution in [2.24, 2.45) is 5.92 Å². The Bertz CT molecular complexity index is 769. The van der Waals surface area contributed by atoms with Crippen LogP contribution in [-0.4, -0.2) is 26.4 Å². The molecule has 0 bridgehead atoms. The molecule has 2 heterocycles. The van der Waals surface area contributed by atoms with E-state index in [0.717, 1.165) is 48.8 Å². The van der Waals surface area contributed by atoms with Crippen molar-refractivity contribution >= 4 is 5.69 Å². The Hall–Kier alpha value is -2.34. The highest BCUT2D eigenvalue weighted by atomic mass is 19.2. The lowest BCUT2D eigenvalue weighted by atomic mass is 10.1. The van der Waals surface area contributed by atoms with Gasteiger partial charge in [0.1, 0.15) is 0 Å². The number of nitrogens with zero attached hydrogens (tertiary/aromatic N) is 1. The second-order valence-electron chi connectivity index (χ2n) is 6.48. The smallest absolute Gasteiger partial charge is 0.231 e. The van der Waals surface area contributed by atoms with E-state index < -0.39 is 11.6 Å². The number of para-hydroxylation sites is 1. The summed E-state index contributed by atoms with van der Waals surface area (Å²) in [6, 6.07) is 10.00. The molecule has 4 nitrogen and oxygen atoms in total. The van der Waals surface area contributed by atoms with Gasteiger partial charge in [-0.05, 0) is 30.5 Å². The number of hydrogen-bond acceptors (Lipinski definition) is 4. The first-order valence-corrected chi connectivity index (χ1v) is 8.49. The van der Waals surface area contributed by atoms with E-state index in [0.29, 0.717) is 12.5 Å². The van der Waals surface area contributed by atoms with Gasteiger partial charge in [0.2, 0.25) is 6.79 Å². The fourth-order valence-electron chi connectivity index (χ4n) is 3.46. The van der Waals surface area contributed by atoms with Gasteiger partial charge in [-0.15, -0.1) is 0 Å². The van der Waals surface area contributed by atoms with Gasteiger partial charge in [-0.25, -0.2) is 8.78 Å². The van der Waals surface area contributed by atoms with E-state index in [1.54, 1.807) is 6.07 Å². The third-order valence-electron chi connectivity index (χ3n) is 4.78. The van der Waals surface area contributed by atoms with Crippen molar-refractivity contribution in [2.45, 2.75) is 13.0 Å². The summed E-state index contributed by atoms with van der Waals surface area (Å²) in [6.45, 7) is 3.55. The van der Waals surface area contributed by atoms with E-state index >= 15 is 0 Å². The summed E-state index contributed by atoms with van der Waals surface area (Å²) in [5.41, 5.74) is 1.83. The van der Waals surface area contributed by atoms with Gasteiger partial charge in [-0.1, -0.05) is 12.1 Å². The van der Waals surface area contributed by atoms with E-state index in [-0.39, 0.29) is 6.79 Å². The number of halogens is 2. The van der Waals surface area contributed by atoms with Crippen LogP contribution >= 0.6 is 0 Å². The average Bonchev–Trinajstić information content (AvgIpc) is 3.27. The Morgan fingerprint density at radius 2 is 2.04 bits per heavy atom. The van der Waals surface area contributed by atoms with Crippen molar-refractivity contribution in [3.8, 4) is 11.5 Å². The first kappa shape index (κ1) is 16.1. The van der Waals surface area contributed by atoms with Crippen LogP contribution in [0.3, 0.4) is 0 Å². The molecule has 1 atom stereocenters. The zero-order valence-electron chi connectivity index (χ0n) is 13.8. The van der Waals surface area contributed by atoms with Crippen molar-refractivity contribution in [1.29, 1.82) is 0 Å². The van der Waals surface area contributed by atoms with Crippen molar-refractivity contribution in [2.75, 3.05) is 31.3 Å². The Morgan fingerprint density at radius 3 is 2.92 bits per heavy atom. The number of benzene rings is 2. The summed E-state index contributed by atoms with van der Waals surface area (Å²) < 4.78 is 37.4. The number of anilines is 1. The first-order chi connectivity index (χ1) is 12.2. The Kier molecular flexibility index (Phi) is 4.44. The highest BCUT2D eigenvalue weighted by Crippen LogP contribution is 2.35. The van der Waals surface area contributed by atoms with E-state index in [2.05, 4.69) is 10.2 Å². The molecule has 132 valence electrons. The normalized spacial score (nSPS) is 18.8. The zero-order valence-corrected chi connectivity index (χ0v) is 13.8. The number of hydrogen-bond donors (Lipinski definition) is 1. The minimum absolute atomic E-state index is 0.276. The van der Waals surface area contributed by atoms with Gasteiger partial charge in [0.05, 0.1) is 0 Å². The standard InChI is InChI=1S/C19H20F2N2O2/c20-16-5-4-15(8-17(16)21)23-7-6-13(11-23)9-22-10-14-2-1-3-18-19(14)25-12-24-18/h1-5,8,13,22H,6-7,9-12H2/t13-/m1/s1. The molecule has 1 N–H and O–H groups in total. The van der Waals surface area contributed by atoms with E-state index in [1.165, 1.54) is 12.1 Å². The van der Waals surface area contributed by atoms with Crippen molar-refractivity contribution in [3.05, 3.63) is 53.6 Å². The highest BCUT2D eigenvalue weighted by Gasteiger charge is 2.23. The molecule has 0 amide bonds. The van der Waals surface area contributed by atoms with Gasteiger partial charge in [0.25, 0.3) is 0 Å². The predicted octanol–water partition coefficient (Wildman–Crippen LogP) is 3.31. The largest absolute Gasteiger partial charge is 0.454 e. The van der Waals surface area contributed by atoms with Crippen LogP contribution in [0.15, 0.2) is 36.4 Å². The molecule has 0 aliphatic carbocycles. The lowest BCUT2D eigenvalue weighted by Gasteiger charge is -2.19. The lowest BCUT2D eigenvalue weighted by Crippen LogP contribution is -2.26. The second kappa shape index (κ2) is 6.88. The van der Waals surface area contributed by atoms with Gasteiger partial charge < -0.3 is 19.7 Å². The van der Waals surface area contributed by atoms with Gasteiger partial charge in [-0.3, -0.25) is 0 Å². The van der Waals surface area contributed by atoms with Crippen LogP contribution in [0.2, 0.25) is 0 Å². The SMILES string of the molecule is Fc1ccc(N2CC[C@H](CNCc3cccc4c3OCO4)C2)cc1F. The fourth-order valence-corrected chi connectivity index (χ4v) is 3.46. The zero-order chi connectivity index (χ0) is 17.2. The molecule has 1 fully saturated rings. The van der Waals surface area contributed by atoms with Crippen LogP contribution in [0.25, 0.3) is 0 Å². The summed E-state index contributed by atoms with van der Waals surface area (Å²) in [5, 5.41) is 3.47. The van der Waals surface area contributed by atoms with Crippen LogP contribution in [0.5, 0.6) is 11.5 Å². The second-order valence-corrected chi connectivity index (χ2v) is 6.48. The lowest BCUT2D eigenvalue weighted by molar-refractivity contribution is 0.173. The van der Waals surface area contributed by atoms with Gasteiger partial charge in [0, 0.05) is 43.5 Å². The summed E-state index contributed by atoms with van der Waals surface area (Å²) >= 11 is 0. The summed E-state index contributed by atoms with van der Waals surface area (Å²) in [4.78, 5) is 2.10. The van der Waals surface area contributed by atoms with Gasteiger partial charge >= 0.3 is 0 Å². The van der Waals surface area contributed by atoms with Gasteiger partial charge in [-0.2, -0.15) is 0 Å². The van der Waals surface area contributed by atoms with Crippen molar-refractivity contribution in [3.63, 3.8) is 0 Å². The Labute approximate surface area is 145 Å². The molecule has 0 radical (unpaired) electrons. The molecular weight excluding hydrogens is 326 g/mol. The minimum Gasteiger partial charge on any atom is -0.454 e. The molecule has 2 aliphatic rings. The summed E-state index contributed by atoms with van der Waals surface area (Å²) in [5.74, 6) is 0.499. The molecular formula is C19H20F2N2O2. The number of fused-ring (bicyclic) bond motifs is 1. The van der Waals surface area contributed by atoms with Crippen LogP contribution in [0.1, 0.15) is 12.0 Å². The Morgan fingerprint density at radius 1 is 1.12 bits per heavy atom. The monoisotopic (exact) mass is 346 g/mol. The molecule has 2 aromatic carbocycles. The summed E-state index contributed by atoms with van der Waals surface area (Å²) in [6.07, 6.45) is 1.03. The molecule has 2 aromatic rings. The maximum absolute atomic E-state index is 13.4. The van der Waals surface area contributed by atoms with Crippen LogP contribution < -0.4 is 19.7 Å². The van der Waals surface area contributed by atoms with Crippen molar-refractivity contribution < 1.29 is 18.3 Å². The molecule has 0 spiro atoms. The molecule has 2 aliphatic heterocycles. The molecule has 6 heteroatoms. The van der Waals surface area contributed by atoms with E-state index in [4.69, 9.17) is 9.47 Å². The van der Waals surface area contributed by atoms with Crippen LogP contribution in [0, 0.1) is 17.6 Å². The van der Waals surface area contributed by atoms with Gasteiger partial charge in [0.15, 0.2) is 23.1 Å². The topological polar surface area (TPSA) is 33.7 Å². The third-order valence-corrected chi connectivity index (χ3v) is 4.78. The highest BCUT2D eigenvalue weighted by molar-refractivity contribution is 5.48. The fraction of sp³-hybridized carbons (Fsp3) is 0.368. The molecule has 0 unspecified atom stereocenters. The van der Waals surface area contributed by atoms with Crippen molar-refractivity contribution in [1.82, 2.24) is 5.32 Å². The molecule has 25 heavy (non-hydrogen) atoms. The third kappa shape index (κ3) is 3.39. The first-order valence-electron chi connectivity index (χ1n) is 8.49. The van der Waals surface area contributed by atoms with Crippen LogP contribution in [0.4, 0.5) is 14.5 Å². The predicted molar refractivity (Wildman–Crippen MR) is 90.9 cm³/mol. The van der Waals surface area contributed by atoms with E-state index in [9.17, 15) is 8.78 Å². The average molecular weight is 346 g/mol. The number of rotatable bonds is 5. The molecule has 0 saturated carbocycles. The Balaban J connectivity index is 1.30. The molecule has 4 rings (SSSR count). The quantitative estimate of drug-likeness (QED) is 0.901.